The molecular formula is C19H22N6O2. The molecule has 1 aliphatic heterocycles. The van der Waals surface area contributed by atoms with Gasteiger partial charge >= 0.3 is 6.09 Å². The molecule has 8 heteroatoms. The van der Waals surface area contributed by atoms with Crippen molar-refractivity contribution in [2.24, 2.45) is 0 Å². The summed E-state index contributed by atoms with van der Waals surface area (Å²) in [6.45, 7) is 6.27. The van der Waals surface area contributed by atoms with E-state index in [1.54, 1.807) is 29.7 Å². The van der Waals surface area contributed by atoms with E-state index in [4.69, 9.17) is 9.72 Å². The second kappa shape index (κ2) is 6.61. The highest BCUT2D eigenvalue weighted by molar-refractivity contribution is 5.69. The van der Waals surface area contributed by atoms with Gasteiger partial charge in [0.15, 0.2) is 0 Å². The Morgan fingerprint density at radius 3 is 2.89 bits per heavy atom. The van der Waals surface area contributed by atoms with Gasteiger partial charge in [-0.2, -0.15) is 0 Å². The van der Waals surface area contributed by atoms with Gasteiger partial charge in [-0.3, -0.25) is 14.3 Å². The van der Waals surface area contributed by atoms with E-state index in [2.05, 4.69) is 15.0 Å². The second-order valence-corrected chi connectivity index (χ2v) is 7.59. The molecule has 1 fully saturated rings. The molecule has 1 atom stereocenters. The van der Waals surface area contributed by atoms with Crippen LogP contribution in [-0.4, -0.2) is 47.5 Å². The molecule has 0 spiro atoms. The van der Waals surface area contributed by atoms with Crippen molar-refractivity contribution >= 4 is 11.9 Å². The monoisotopic (exact) mass is 366 g/mol. The van der Waals surface area contributed by atoms with E-state index in [-0.39, 0.29) is 12.1 Å². The summed E-state index contributed by atoms with van der Waals surface area (Å²) in [5.41, 5.74) is 1.74. The summed E-state index contributed by atoms with van der Waals surface area (Å²) in [5.74, 6) is 0.607. The number of hydrogen-bond acceptors (Lipinski definition) is 6. The first-order valence-corrected chi connectivity index (χ1v) is 9.02. The molecule has 1 unspecified atom stereocenters. The van der Waals surface area contributed by atoms with Gasteiger partial charge < -0.3 is 4.74 Å². The number of nitrogens with zero attached hydrogens (tertiary/aromatic N) is 6. The van der Waals surface area contributed by atoms with Crippen molar-refractivity contribution < 1.29 is 9.53 Å². The molecule has 0 bridgehead atoms. The zero-order chi connectivity index (χ0) is 19.0. The number of imidazole rings is 1. The minimum Gasteiger partial charge on any atom is -0.444 e. The average Bonchev–Trinajstić information content (AvgIpc) is 3.28. The SMILES string of the molecule is CC(C)(C)OC(=O)N1CCCC1c1cncc(-c2cnc3ncccn23)n1. The Balaban J connectivity index is 1.65. The maximum absolute atomic E-state index is 12.6. The molecule has 4 rings (SSSR count). The van der Waals surface area contributed by atoms with E-state index in [1.807, 2.05) is 37.4 Å². The molecule has 0 saturated carbocycles. The van der Waals surface area contributed by atoms with Crippen LogP contribution in [0, 0.1) is 0 Å². The number of carbonyl (C=O) groups is 1. The Bertz CT molecular complexity index is 977. The lowest BCUT2D eigenvalue weighted by Crippen LogP contribution is -2.36. The van der Waals surface area contributed by atoms with E-state index < -0.39 is 5.60 Å². The number of hydrogen-bond donors (Lipinski definition) is 0. The van der Waals surface area contributed by atoms with Gasteiger partial charge in [-0.15, -0.1) is 0 Å². The normalized spacial score (nSPS) is 17.4. The molecule has 3 aromatic heterocycles. The highest BCUT2D eigenvalue weighted by atomic mass is 16.6. The standard InChI is InChI=1S/C19H22N6O2/c1-19(2,3)27-18(26)25-8-4-6-15(25)13-10-20-11-14(23-13)16-12-22-17-21-7-5-9-24(16)17/h5,7,9-12,15H,4,6,8H2,1-3H3. The molecule has 1 aliphatic rings. The van der Waals surface area contributed by atoms with Crippen molar-refractivity contribution in [2.75, 3.05) is 6.54 Å². The summed E-state index contributed by atoms with van der Waals surface area (Å²) in [5, 5.41) is 0. The van der Waals surface area contributed by atoms with Gasteiger partial charge in [0.2, 0.25) is 5.78 Å². The van der Waals surface area contributed by atoms with Crippen molar-refractivity contribution in [3.63, 3.8) is 0 Å². The molecule has 3 aromatic rings. The molecule has 0 aromatic carbocycles. The van der Waals surface area contributed by atoms with Crippen LogP contribution in [-0.2, 0) is 4.74 Å². The fourth-order valence-electron chi connectivity index (χ4n) is 3.30. The molecule has 27 heavy (non-hydrogen) atoms. The van der Waals surface area contributed by atoms with Crippen LogP contribution in [0.3, 0.4) is 0 Å². The molecular weight excluding hydrogens is 344 g/mol. The highest BCUT2D eigenvalue weighted by Crippen LogP contribution is 2.32. The Hall–Kier alpha value is -3.03. The smallest absolute Gasteiger partial charge is 0.410 e. The van der Waals surface area contributed by atoms with Crippen molar-refractivity contribution in [1.29, 1.82) is 0 Å². The van der Waals surface area contributed by atoms with Crippen molar-refractivity contribution in [2.45, 2.75) is 45.3 Å². The van der Waals surface area contributed by atoms with Crippen LogP contribution in [0.5, 0.6) is 0 Å². The number of rotatable bonds is 2. The lowest BCUT2D eigenvalue weighted by Gasteiger charge is -2.28. The van der Waals surface area contributed by atoms with Crippen LogP contribution in [0.15, 0.2) is 37.1 Å². The third-order valence-corrected chi connectivity index (χ3v) is 4.43. The van der Waals surface area contributed by atoms with Gasteiger partial charge in [0, 0.05) is 18.9 Å². The fourth-order valence-corrected chi connectivity index (χ4v) is 3.30. The third-order valence-electron chi connectivity index (χ3n) is 4.43. The van der Waals surface area contributed by atoms with E-state index in [9.17, 15) is 4.79 Å². The zero-order valence-corrected chi connectivity index (χ0v) is 15.7. The number of likely N-dealkylation sites (tertiary alicyclic amines) is 1. The Labute approximate surface area is 157 Å². The topological polar surface area (TPSA) is 85.5 Å². The van der Waals surface area contributed by atoms with Gasteiger partial charge in [0.1, 0.15) is 11.3 Å². The minimum absolute atomic E-state index is 0.135. The highest BCUT2D eigenvalue weighted by Gasteiger charge is 2.34. The van der Waals surface area contributed by atoms with Crippen LogP contribution in [0.2, 0.25) is 0 Å². The maximum atomic E-state index is 12.6. The van der Waals surface area contributed by atoms with Gasteiger partial charge in [-0.1, -0.05) is 0 Å². The van der Waals surface area contributed by atoms with Gasteiger partial charge in [-0.05, 0) is 39.7 Å². The predicted octanol–water partition coefficient (Wildman–Crippen LogP) is 3.26. The molecule has 4 heterocycles. The number of ether oxygens (including phenoxy) is 1. The van der Waals surface area contributed by atoms with Crippen LogP contribution < -0.4 is 0 Å². The van der Waals surface area contributed by atoms with Crippen LogP contribution in [0.25, 0.3) is 17.2 Å². The summed E-state index contributed by atoms with van der Waals surface area (Å²) in [4.78, 5) is 32.0. The van der Waals surface area contributed by atoms with E-state index in [1.165, 1.54) is 0 Å². The summed E-state index contributed by atoms with van der Waals surface area (Å²) in [6.07, 6.45) is 10.2. The molecule has 0 aliphatic carbocycles. The third kappa shape index (κ3) is 3.47. The second-order valence-electron chi connectivity index (χ2n) is 7.59. The maximum Gasteiger partial charge on any atom is 0.410 e. The zero-order valence-electron chi connectivity index (χ0n) is 15.7. The summed E-state index contributed by atoms with van der Waals surface area (Å²) in [6, 6.07) is 1.71. The summed E-state index contributed by atoms with van der Waals surface area (Å²) in [7, 11) is 0. The molecule has 1 saturated heterocycles. The van der Waals surface area contributed by atoms with Crippen molar-refractivity contribution in [1.82, 2.24) is 29.2 Å². The first-order chi connectivity index (χ1) is 12.9. The quantitative estimate of drug-likeness (QED) is 0.692. The number of fused-ring (bicyclic) bond motifs is 1. The van der Waals surface area contributed by atoms with Crippen LogP contribution >= 0.6 is 0 Å². The fraction of sp³-hybridized carbons (Fsp3) is 0.421. The number of amides is 1. The molecule has 8 nitrogen and oxygen atoms in total. The molecule has 140 valence electrons. The first-order valence-electron chi connectivity index (χ1n) is 9.02. The Morgan fingerprint density at radius 1 is 1.22 bits per heavy atom. The van der Waals surface area contributed by atoms with Crippen molar-refractivity contribution in [3.8, 4) is 11.4 Å². The van der Waals surface area contributed by atoms with Crippen LogP contribution in [0.4, 0.5) is 4.79 Å². The van der Waals surface area contributed by atoms with E-state index in [0.717, 1.165) is 24.2 Å². The molecule has 1 amide bonds. The predicted molar refractivity (Wildman–Crippen MR) is 98.9 cm³/mol. The largest absolute Gasteiger partial charge is 0.444 e. The minimum atomic E-state index is -0.527. The number of carbonyl (C=O) groups excluding carboxylic acids is 1. The van der Waals surface area contributed by atoms with Gasteiger partial charge in [0.25, 0.3) is 0 Å². The van der Waals surface area contributed by atoms with Gasteiger partial charge in [0.05, 0.1) is 36.0 Å². The lowest BCUT2D eigenvalue weighted by molar-refractivity contribution is 0.0221. The van der Waals surface area contributed by atoms with E-state index in [0.29, 0.717) is 18.0 Å². The van der Waals surface area contributed by atoms with Crippen LogP contribution in [0.1, 0.15) is 45.3 Å². The summed E-state index contributed by atoms with van der Waals surface area (Å²) >= 11 is 0. The molecule has 0 N–H and O–H groups in total. The van der Waals surface area contributed by atoms with Gasteiger partial charge in [-0.25, -0.2) is 19.7 Å². The first kappa shape index (κ1) is 17.4. The van der Waals surface area contributed by atoms with Crippen molar-refractivity contribution in [3.05, 3.63) is 42.7 Å². The van der Waals surface area contributed by atoms with E-state index >= 15 is 0 Å². The summed E-state index contributed by atoms with van der Waals surface area (Å²) < 4.78 is 7.42. The Morgan fingerprint density at radius 2 is 2.07 bits per heavy atom. The lowest BCUT2D eigenvalue weighted by atomic mass is 10.1. The Kier molecular flexibility index (Phi) is 4.25. The average molecular weight is 366 g/mol. The molecule has 0 radical (unpaired) electrons. The number of aromatic nitrogens is 5.